The molecule has 2 atom stereocenters. The van der Waals surface area contributed by atoms with Gasteiger partial charge in [-0.1, -0.05) is 121 Å². The third-order valence-electron chi connectivity index (χ3n) is 11.1. The minimum atomic E-state index is -0.765. The predicted octanol–water partition coefficient (Wildman–Crippen LogP) is 9.27. The number of aryl methyl sites for hydroxylation is 1. The highest BCUT2D eigenvalue weighted by atomic mass is 16.5. The van der Waals surface area contributed by atoms with Crippen LogP contribution < -0.4 is 19.9 Å². The molecule has 3 heterocycles. The van der Waals surface area contributed by atoms with Gasteiger partial charge in [-0.2, -0.15) is 0 Å². The minimum Gasteiger partial charge on any atom is -0.488 e. The summed E-state index contributed by atoms with van der Waals surface area (Å²) in [5, 5.41) is 4.25. The molecular weight excluding hydrogens is 671 g/mol. The first kappa shape index (κ1) is 33.4. The minimum absolute atomic E-state index is 0.0780. The van der Waals surface area contributed by atoms with Crippen LogP contribution in [0.4, 0.5) is 16.2 Å². The van der Waals surface area contributed by atoms with Crippen molar-refractivity contribution in [2.75, 3.05) is 22.9 Å². The molecule has 0 unspecified atom stereocenters. The van der Waals surface area contributed by atoms with Crippen molar-refractivity contribution in [3.05, 3.63) is 178 Å². The standard InChI is InChI=1S/C47H39N3O4/c1-30-16-18-31(19-17-30)29-54-43-21-20-34-14-8-9-15-36(34)39(43)28-42-45(51)48-47(53)50(46(42)52)35-26-40-37(32-10-4-2-5-11-32)22-24-49-25-23-38(41(27-35)44(40)49)33-12-6-3-7-13-33/h2-21,26-28,37-38H,22-25,29H2,1H3,(H,48,51,53)/b42-28+/t37-,38-/m0/s1. The van der Waals surface area contributed by atoms with Crippen LogP contribution in [-0.4, -0.2) is 30.9 Å². The Hall–Kier alpha value is -6.47. The van der Waals surface area contributed by atoms with E-state index in [0.717, 1.165) is 63.9 Å². The second-order valence-electron chi connectivity index (χ2n) is 14.4. The SMILES string of the molecule is Cc1ccc(COc2ccc3ccccc3c2/C=C2\C(=O)NC(=O)N(c3cc4c5c(c3)[C@H](c3ccccc3)CCN5CC[C@H]4c3ccccc3)C2=O)cc1. The molecule has 4 amide bonds. The highest BCUT2D eigenvalue weighted by Gasteiger charge is 2.41. The van der Waals surface area contributed by atoms with E-state index in [1.165, 1.54) is 16.8 Å². The quantitative estimate of drug-likeness (QED) is 0.132. The second-order valence-corrected chi connectivity index (χ2v) is 14.4. The molecule has 1 N–H and O–H groups in total. The number of carbonyl (C=O) groups is 3. The number of carbonyl (C=O) groups excluding carboxylic acids is 3. The Morgan fingerprint density at radius 2 is 1.33 bits per heavy atom. The first-order chi connectivity index (χ1) is 26.4. The molecule has 0 bridgehead atoms. The molecule has 0 saturated carbocycles. The summed E-state index contributed by atoms with van der Waals surface area (Å²) in [4.78, 5) is 45.8. The van der Waals surface area contributed by atoms with Gasteiger partial charge < -0.3 is 9.64 Å². The number of nitrogens with zero attached hydrogens (tertiary/aromatic N) is 2. The zero-order valence-electron chi connectivity index (χ0n) is 30.0. The highest BCUT2D eigenvalue weighted by molar-refractivity contribution is 6.39. The molecule has 3 aliphatic rings. The van der Waals surface area contributed by atoms with Gasteiger partial charge in [0.15, 0.2) is 0 Å². The van der Waals surface area contributed by atoms with Gasteiger partial charge in [-0.05, 0) is 82.6 Å². The Kier molecular flexibility index (Phi) is 8.54. The largest absolute Gasteiger partial charge is 0.488 e. The van der Waals surface area contributed by atoms with E-state index in [-0.39, 0.29) is 17.4 Å². The number of nitrogens with one attached hydrogen (secondary N) is 1. The smallest absolute Gasteiger partial charge is 0.335 e. The molecule has 3 aliphatic heterocycles. The van der Waals surface area contributed by atoms with Crippen LogP contribution in [0, 0.1) is 6.92 Å². The average Bonchev–Trinajstić information content (AvgIpc) is 3.20. The van der Waals surface area contributed by atoms with Crippen LogP contribution in [0.5, 0.6) is 5.75 Å². The van der Waals surface area contributed by atoms with E-state index < -0.39 is 17.8 Å². The van der Waals surface area contributed by atoms with Crippen LogP contribution in [0.25, 0.3) is 16.8 Å². The maximum Gasteiger partial charge on any atom is 0.335 e. The lowest BCUT2D eigenvalue weighted by Gasteiger charge is -2.44. The average molecular weight is 710 g/mol. The van der Waals surface area contributed by atoms with Crippen molar-refractivity contribution in [3.8, 4) is 5.75 Å². The topological polar surface area (TPSA) is 79.0 Å². The molecule has 7 heteroatoms. The highest BCUT2D eigenvalue weighted by Crippen LogP contribution is 2.50. The lowest BCUT2D eigenvalue weighted by atomic mass is 9.76. The summed E-state index contributed by atoms with van der Waals surface area (Å²) in [6.07, 6.45) is 3.39. The summed E-state index contributed by atoms with van der Waals surface area (Å²) in [6, 6.07) is 43.8. The maximum atomic E-state index is 14.7. The zero-order valence-corrected chi connectivity index (χ0v) is 30.0. The Morgan fingerprint density at radius 3 is 1.98 bits per heavy atom. The van der Waals surface area contributed by atoms with Crippen molar-refractivity contribution in [1.29, 1.82) is 0 Å². The number of urea groups is 1. The number of ether oxygens (including phenoxy) is 1. The van der Waals surface area contributed by atoms with Crippen molar-refractivity contribution in [2.45, 2.75) is 38.2 Å². The second kappa shape index (κ2) is 13.8. The number of hydrogen-bond acceptors (Lipinski definition) is 5. The van der Waals surface area contributed by atoms with Gasteiger partial charge in [-0.3, -0.25) is 14.9 Å². The summed E-state index contributed by atoms with van der Waals surface area (Å²) < 4.78 is 6.36. The van der Waals surface area contributed by atoms with E-state index >= 15 is 0 Å². The number of barbiturate groups is 1. The lowest BCUT2D eigenvalue weighted by Crippen LogP contribution is -2.54. The molecule has 0 spiro atoms. The van der Waals surface area contributed by atoms with E-state index in [4.69, 9.17) is 4.74 Å². The molecule has 6 aromatic rings. The van der Waals surface area contributed by atoms with Gasteiger partial charge in [0.25, 0.3) is 11.8 Å². The molecule has 7 nitrogen and oxygen atoms in total. The summed E-state index contributed by atoms with van der Waals surface area (Å²) in [6.45, 7) is 4.19. The first-order valence-corrected chi connectivity index (χ1v) is 18.6. The molecule has 0 aromatic heterocycles. The molecule has 54 heavy (non-hydrogen) atoms. The molecule has 9 rings (SSSR count). The Labute approximate surface area is 314 Å². The molecule has 0 radical (unpaired) electrons. The van der Waals surface area contributed by atoms with Gasteiger partial charge in [0.2, 0.25) is 0 Å². The number of benzene rings is 6. The Balaban J connectivity index is 1.17. The monoisotopic (exact) mass is 709 g/mol. The van der Waals surface area contributed by atoms with E-state index in [1.807, 2.05) is 91.9 Å². The number of amides is 4. The number of rotatable bonds is 7. The molecular formula is C47H39N3O4. The molecule has 6 aromatic carbocycles. The van der Waals surface area contributed by atoms with Gasteiger partial charge >= 0.3 is 6.03 Å². The summed E-state index contributed by atoms with van der Waals surface area (Å²) in [5.74, 6) is -0.735. The summed E-state index contributed by atoms with van der Waals surface area (Å²) in [7, 11) is 0. The normalized spacial score (nSPS) is 18.8. The van der Waals surface area contributed by atoms with Gasteiger partial charge in [-0.25, -0.2) is 9.69 Å². The van der Waals surface area contributed by atoms with Crippen molar-refractivity contribution < 1.29 is 19.1 Å². The van der Waals surface area contributed by atoms with E-state index in [1.54, 1.807) is 6.08 Å². The third kappa shape index (κ3) is 6.01. The van der Waals surface area contributed by atoms with Gasteiger partial charge in [0.05, 0.1) is 5.69 Å². The fourth-order valence-corrected chi connectivity index (χ4v) is 8.40. The van der Waals surface area contributed by atoms with Crippen LogP contribution in [0.1, 0.15) is 63.6 Å². The van der Waals surface area contributed by atoms with Crippen molar-refractivity contribution >= 4 is 46.1 Å². The number of hydrogen-bond donors (Lipinski definition) is 1. The molecule has 1 saturated heterocycles. The Bertz CT molecular complexity index is 2380. The first-order valence-electron chi connectivity index (χ1n) is 18.6. The van der Waals surface area contributed by atoms with Gasteiger partial charge in [-0.15, -0.1) is 0 Å². The maximum absolute atomic E-state index is 14.7. The zero-order chi connectivity index (χ0) is 36.8. The summed E-state index contributed by atoms with van der Waals surface area (Å²) in [5.41, 5.74) is 8.79. The van der Waals surface area contributed by atoms with Crippen LogP contribution >= 0.6 is 0 Å². The van der Waals surface area contributed by atoms with E-state index in [9.17, 15) is 14.4 Å². The number of anilines is 2. The fraction of sp³-hybridized carbons (Fsp3) is 0.170. The molecule has 0 aliphatic carbocycles. The van der Waals surface area contributed by atoms with Gasteiger partial charge in [0, 0.05) is 36.2 Å². The van der Waals surface area contributed by atoms with Crippen molar-refractivity contribution in [3.63, 3.8) is 0 Å². The molecule has 266 valence electrons. The fourth-order valence-electron chi connectivity index (χ4n) is 8.40. The third-order valence-corrected chi connectivity index (χ3v) is 11.1. The summed E-state index contributed by atoms with van der Waals surface area (Å²) >= 11 is 0. The molecule has 1 fully saturated rings. The lowest BCUT2D eigenvalue weighted by molar-refractivity contribution is -0.122. The van der Waals surface area contributed by atoms with Crippen LogP contribution in [-0.2, 0) is 16.2 Å². The van der Waals surface area contributed by atoms with Crippen molar-refractivity contribution in [1.82, 2.24) is 5.32 Å². The van der Waals surface area contributed by atoms with Crippen LogP contribution in [0.3, 0.4) is 0 Å². The predicted molar refractivity (Wildman–Crippen MR) is 213 cm³/mol. The van der Waals surface area contributed by atoms with E-state index in [2.05, 4.69) is 58.7 Å². The van der Waals surface area contributed by atoms with E-state index in [0.29, 0.717) is 23.6 Å². The Morgan fingerprint density at radius 1 is 0.722 bits per heavy atom. The van der Waals surface area contributed by atoms with Gasteiger partial charge in [0.1, 0.15) is 17.9 Å². The van der Waals surface area contributed by atoms with Crippen LogP contribution in [0.2, 0.25) is 0 Å². The number of imide groups is 2. The number of fused-ring (bicyclic) bond motifs is 1. The van der Waals surface area contributed by atoms with Crippen molar-refractivity contribution in [2.24, 2.45) is 0 Å². The van der Waals surface area contributed by atoms with Crippen LogP contribution in [0.15, 0.2) is 139 Å².